The number of benzene rings is 1. The molecule has 1 aromatic heterocycles. The number of thioether (sulfide) groups is 1. The number of alkyl halides is 3. The molecule has 0 aliphatic rings. The zero-order valence-electron chi connectivity index (χ0n) is 10.7. The van der Waals surface area contributed by atoms with E-state index in [1.807, 2.05) is 0 Å². The highest BCUT2D eigenvalue weighted by molar-refractivity contribution is 7.99. The first-order valence-corrected chi connectivity index (χ1v) is 8.14. The van der Waals surface area contributed by atoms with Crippen molar-refractivity contribution in [3.05, 3.63) is 40.9 Å². The average Bonchev–Trinajstić information content (AvgIpc) is 2.87. The molecular formula is C13H11ClF2N2OS2. The first-order chi connectivity index (χ1) is 10.1. The van der Waals surface area contributed by atoms with Gasteiger partial charge in [0.1, 0.15) is 5.88 Å². The predicted octanol–water partition coefficient (Wildman–Crippen LogP) is 4.23. The molecule has 0 fully saturated rings. The second kappa shape index (κ2) is 7.72. The highest BCUT2D eigenvalue weighted by Gasteiger charge is 2.08. The summed E-state index contributed by atoms with van der Waals surface area (Å²) in [5, 5.41) is 3.08. The largest absolute Gasteiger partial charge is 0.301 e. The molecule has 0 atom stereocenters. The lowest BCUT2D eigenvalue weighted by atomic mass is 10.1. The fourth-order valence-corrected chi connectivity index (χ4v) is 3.02. The van der Waals surface area contributed by atoms with Crippen molar-refractivity contribution >= 4 is 45.7 Å². The van der Waals surface area contributed by atoms with Crippen LogP contribution in [0.1, 0.15) is 10.4 Å². The quantitative estimate of drug-likeness (QED) is 0.627. The van der Waals surface area contributed by atoms with E-state index in [2.05, 4.69) is 10.3 Å². The molecule has 1 N–H and O–H groups in total. The molecule has 1 heterocycles. The topological polar surface area (TPSA) is 42.0 Å². The normalized spacial score (nSPS) is 10.9. The molecule has 0 radical (unpaired) electrons. The molecule has 0 spiro atoms. The van der Waals surface area contributed by atoms with Gasteiger partial charge >= 0.3 is 0 Å². The Balaban J connectivity index is 1.96. The van der Waals surface area contributed by atoms with Gasteiger partial charge in [-0.3, -0.25) is 4.79 Å². The Morgan fingerprint density at radius 2 is 2.10 bits per heavy atom. The average molecular weight is 349 g/mol. The summed E-state index contributed by atoms with van der Waals surface area (Å²) in [5.74, 6) is -2.82. The van der Waals surface area contributed by atoms with E-state index < -0.39 is 5.76 Å². The van der Waals surface area contributed by atoms with Crippen LogP contribution in [0.4, 0.5) is 13.9 Å². The van der Waals surface area contributed by atoms with Gasteiger partial charge in [-0.1, -0.05) is 23.9 Å². The second-order valence-corrected chi connectivity index (χ2v) is 6.46. The molecule has 21 heavy (non-hydrogen) atoms. The number of nitrogens with zero attached hydrogens (tertiary/aromatic N) is 1. The van der Waals surface area contributed by atoms with Crippen molar-refractivity contribution in [1.82, 2.24) is 4.98 Å². The molecule has 0 aliphatic carbocycles. The summed E-state index contributed by atoms with van der Waals surface area (Å²) in [6, 6.07) is 6.95. The Bertz CT molecular complexity index is 604. The summed E-state index contributed by atoms with van der Waals surface area (Å²) < 4.78 is 24.4. The molecule has 1 amide bonds. The first kappa shape index (κ1) is 16.2. The number of thiazole rings is 1. The maximum absolute atomic E-state index is 12.2. The molecule has 112 valence electrons. The van der Waals surface area contributed by atoms with Gasteiger partial charge in [-0.2, -0.15) is 8.78 Å². The van der Waals surface area contributed by atoms with E-state index in [4.69, 9.17) is 11.6 Å². The zero-order chi connectivity index (χ0) is 15.2. The molecular weight excluding hydrogens is 338 g/mol. The van der Waals surface area contributed by atoms with Gasteiger partial charge in [-0.15, -0.1) is 22.9 Å². The number of anilines is 1. The molecule has 0 saturated heterocycles. The minimum atomic E-state index is -2.41. The molecule has 3 nitrogen and oxygen atoms in total. The summed E-state index contributed by atoms with van der Waals surface area (Å²) in [6.45, 7) is 0. The summed E-state index contributed by atoms with van der Waals surface area (Å²) in [7, 11) is 0. The van der Waals surface area contributed by atoms with Crippen LogP contribution in [0, 0.1) is 0 Å². The van der Waals surface area contributed by atoms with Gasteiger partial charge in [0.25, 0.3) is 5.76 Å². The minimum Gasteiger partial charge on any atom is -0.301 e. The first-order valence-electron chi connectivity index (χ1n) is 5.91. The summed E-state index contributed by atoms with van der Waals surface area (Å²) in [5.41, 5.74) is 0.993. The minimum absolute atomic E-state index is 0.113. The lowest BCUT2D eigenvalue weighted by molar-refractivity contribution is -0.113. The van der Waals surface area contributed by atoms with E-state index in [0.29, 0.717) is 28.2 Å². The summed E-state index contributed by atoms with van der Waals surface area (Å²) in [4.78, 5) is 16.7. The van der Waals surface area contributed by atoms with Crippen molar-refractivity contribution in [1.29, 1.82) is 0 Å². The SMILES string of the molecule is O=C(CCl)Nc1ncc(Cc2ccc(SC(F)F)cc2)s1. The Hall–Kier alpha value is -1.18. The summed E-state index contributed by atoms with van der Waals surface area (Å²) >= 11 is 7.28. The van der Waals surface area contributed by atoms with Crippen LogP contribution in [0.15, 0.2) is 35.4 Å². The molecule has 0 bridgehead atoms. The van der Waals surface area contributed by atoms with Crippen LogP contribution in [-0.2, 0) is 11.2 Å². The molecule has 2 aromatic rings. The standard InChI is InChI=1S/C13H11ClF2N2OS2/c14-6-11(19)18-13-17-7-10(21-13)5-8-1-3-9(4-2-8)20-12(15)16/h1-4,7,12H,5-6H2,(H,17,18,19). The number of aromatic nitrogens is 1. The Kier molecular flexibility index (Phi) is 5.96. The molecule has 0 unspecified atom stereocenters. The van der Waals surface area contributed by atoms with Crippen molar-refractivity contribution < 1.29 is 13.6 Å². The van der Waals surface area contributed by atoms with Crippen LogP contribution in [0.5, 0.6) is 0 Å². The number of hydrogen-bond acceptors (Lipinski definition) is 4. The van der Waals surface area contributed by atoms with E-state index in [1.165, 1.54) is 11.3 Å². The number of rotatable bonds is 6. The van der Waals surface area contributed by atoms with Crippen molar-refractivity contribution in [2.45, 2.75) is 17.1 Å². The van der Waals surface area contributed by atoms with Crippen molar-refractivity contribution in [2.75, 3.05) is 11.2 Å². The van der Waals surface area contributed by atoms with Crippen LogP contribution >= 0.6 is 34.7 Å². The number of halogens is 3. The Morgan fingerprint density at radius 3 is 2.71 bits per heavy atom. The maximum Gasteiger partial charge on any atom is 0.288 e. The number of nitrogens with one attached hydrogen (secondary N) is 1. The lowest BCUT2D eigenvalue weighted by Gasteiger charge is -2.02. The lowest BCUT2D eigenvalue weighted by Crippen LogP contribution is -2.11. The van der Waals surface area contributed by atoms with Gasteiger partial charge in [0.2, 0.25) is 5.91 Å². The van der Waals surface area contributed by atoms with Crippen LogP contribution in [0.25, 0.3) is 0 Å². The number of carbonyl (C=O) groups excluding carboxylic acids is 1. The Labute approximate surface area is 133 Å². The van der Waals surface area contributed by atoms with E-state index in [-0.39, 0.29) is 11.8 Å². The Morgan fingerprint density at radius 1 is 1.38 bits per heavy atom. The van der Waals surface area contributed by atoms with Crippen molar-refractivity contribution in [3.63, 3.8) is 0 Å². The maximum atomic E-state index is 12.2. The highest BCUT2D eigenvalue weighted by Crippen LogP contribution is 2.26. The van der Waals surface area contributed by atoms with Crippen LogP contribution in [-0.4, -0.2) is 22.5 Å². The van der Waals surface area contributed by atoms with Gasteiger partial charge in [-0.05, 0) is 17.7 Å². The number of hydrogen-bond donors (Lipinski definition) is 1. The predicted molar refractivity (Wildman–Crippen MR) is 82.6 cm³/mol. The van der Waals surface area contributed by atoms with E-state index in [0.717, 1.165) is 10.4 Å². The van der Waals surface area contributed by atoms with E-state index >= 15 is 0 Å². The molecule has 1 aromatic carbocycles. The van der Waals surface area contributed by atoms with Crippen molar-refractivity contribution in [2.24, 2.45) is 0 Å². The van der Waals surface area contributed by atoms with Gasteiger partial charge in [0.15, 0.2) is 5.13 Å². The van der Waals surface area contributed by atoms with Crippen LogP contribution in [0.2, 0.25) is 0 Å². The van der Waals surface area contributed by atoms with Gasteiger partial charge in [-0.25, -0.2) is 4.98 Å². The number of amides is 1. The number of carbonyl (C=O) groups is 1. The van der Waals surface area contributed by atoms with Crippen LogP contribution < -0.4 is 5.32 Å². The summed E-state index contributed by atoms with van der Waals surface area (Å²) in [6.07, 6.45) is 2.31. The molecule has 0 saturated carbocycles. The monoisotopic (exact) mass is 348 g/mol. The van der Waals surface area contributed by atoms with Gasteiger partial charge < -0.3 is 5.32 Å². The van der Waals surface area contributed by atoms with Gasteiger partial charge in [0, 0.05) is 22.4 Å². The highest BCUT2D eigenvalue weighted by atomic mass is 35.5. The van der Waals surface area contributed by atoms with Crippen molar-refractivity contribution in [3.8, 4) is 0 Å². The van der Waals surface area contributed by atoms with Crippen LogP contribution in [0.3, 0.4) is 0 Å². The molecule has 8 heteroatoms. The fourth-order valence-electron chi connectivity index (χ4n) is 1.59. The third-order valence-electron chi connectivity index (χ3n) is 2.45. The smallest absolute Gasteiger partial charge is 0.288 e. The second-order valence-electron chi connectivity index (χ2n) is 4.01. The zero-order valence-corrected chi connectivity index (χ0v) is 13.1. The molecule has 2 rings (SSSR count). The third-order valence-corrected chi connectivity index (χ3v) is 4.33. The van der Waals surface area contributed by atoms with E-state index in [9.17, 15) is 13.6 Å². The third kappa shape index (κ3) is 5.26. The molecule has 0 aliphatic heterocycles. The van der Waals surface area contributed by atoms with E-state index in [1.54, 1.807) is 30.5 Å². The fraction of sp³-hybridized carbons (Fsp3) is 0.231. The van der Waals surface area contributed by atoms with Gasteiger partial charge in [0.05, 0.1) is 0 Å².